The molecule has 0 atom stereocenters. The number of halogens is 1. The Hall–Kier alpha value is -1.20. The second-order valence-corrected chi connectivity index (χ2v) is 7.12. The number of rotatable bonds is 5. The van der Waals surface area contributed by atoms with Crippen LogP contribution >= 0.6 is 11.6 Å². The molecule has 2 aromatic rings. The predicted octanol–water partition coefficient (Wildman–Crippen LogP) is 0.201. The number of carboxylic acids is 1. The molecule has 1 aliphatic heterocycles. The zero-order valence-corrected chi connectivity index (χ0v) is 17.6. The molecule has 2 aromatic carbocycles. The van der Waals surface area contributed by atoms with Crippen LogP contribution in [-0.2, 0) is 13.0 Å². The molecule has 1 saturated carbocycles. The average Bonchev–Trinajstić information content (AvgIpc) is 2.95. The van der Waals surface area contributed by atoms with Gasteiger partial charge in [-0.1, -0.05) is 23.7 Å². The third-order valence-electron chi connectivity index (χ3n) is 5.07. The van der Waals surface area contributed by atoms with Crippen molar-refractivity contribution in [3.63, 3.8) is 0 Å². The van der Waals surface area contributed by atoms with Crippen molar-refractivity contribution in [2.24, 2.45) is 0 Å². The van der Waals surface area contributed by atoms with Crippen LogP contribution in [0.4, 0.5) is 5.69 Å². The SMILES string of the molecule is O=C([O-])c1cccc2c1CCN2Cc1cc(Cl)ccc1OC1CCC1.[Na+]. The number of hydrogen-bond acceptors (Lipinski definition) is 4. The molecule has 0 radical (unpaired) electrons. The molecule has 1 heterocycles. The van der Waals surface area contributed by atoms with Gasteiger partial charge in [-0.15, -0.1) is 0 Å². The van der Waals surface area contributed by atoms with Gasteiger partial charge in [0.25, 0.3) is 0 Å². The van der Waals surface area contributed by atoms with E-state index in [4.69, 9.17) is 16.3 Å². The van der Waals surface area contributed by atoms with Crippen LogP contribution in [0.1, 0.15) is 40.7 Å². The van der Waals surface area contributed by atoms with Crippen LogP contribution in [0.2, 0.25) is 5.02 Å². The Morgan fingerprint density at radius 3 is 2.77 bits per heavy atom. The van der Waals surface area contributed by atoms with E-state index in [0.717, 1.165) is 42.0 Å². The maximum atomic E-state index is 11.3. The summed E-state index contributed by atoms with van der Waals surface area (Å²) in [5, 5.41) is 12.0. The summed E-state index contributed by atoms with van der Waals surface area (Å²) in [6.07, 6.45) is 4.43. The Balaban J connectivity index is 0.00000196. The van der Waals surface area contributed by atoms with Gasteiger partial charge >= 0.3 is 29.6 Å². The first-order valence-electron chi connectivity index (χ1n) is 8.65. The molecular weight excluding hydrogens is 361 g/mol. The molecule has 4 nitrogen and oxygen atoms in total. The van der Waals surface area contributed by atoms with Gasteiger partial charge in [-0.3, -0.25) is 0 Å². The molecule has 4 rings (SSSR count). The maximum absolute atomic E-state index is 11.3. The van der Waals surface area contributed by atoms with Gasteiger partial charge in [0, 0.05) is 34.9 Å². The van der Waals surface area contributed by atoms with Gasteiger partial charge in [-0.05, 0) is 55.5 Å². The summed E-state index contributed by atoms with van der Waals surface area (Å²) in [4.78, 5) is 13.5. The maximum Gasteiger partial charge on any atom is 1.00 e. The van der Waals surface area contributed by atoms with Crippen LogP contribution in [0.25, 0.3) is 0 Å². The third kappa shape index (κ3) is 3.89. The number of carbonyl (C=O) groups is 1. The Morgan fingerprint density at radius 1 is 1.27 bits per heavy atom. The van der Waals surface area contributed by atoms with Crippen molar-refractivity contribution in [2.45, 2.75) is 38.3 Å². The van der Waals surface area contributed by atoms with Gasteiger partial charge in [0.05, 0.1) is 12.1 Å². The molecule has 1 fully saturated rings. The van der Waals surface area contributed by atoms with Crippen LogP contribution in [-0.4, -0.2) is 18.6 Å². The van der Waals surface area contributed by atoms with Crippen molar-refractivity contribution in [3.8, 4) is 5.75 Å². The number of anilines is 1. The molecule has 130 valence electrons. The number of hydrogen-bond donors (Lipinski definition) is 0. The van der Waals surface area contributed by atoms with Gasteiger partial charge in [0.2, 0.25) is 0 Å². The summed E-state index contributed by atoms with van der Waals surface area (Å²) >= 11 is 6.19. The number of carboxylic acid groups (broad SMARTS) is 1. The van der Waals surface area contributed by atoms with E-state index in [-0.39, 0.29) is 35.1 Å². The molecule has 6 heteroatoms. The van der Waals surface area contributed by atoms with Crippen LogP contribution in [0.15, 0.2) is 36.4 Å². The van der Waals surface area contributed by atoms with Crippen molar-refractivity contribution >= 4 is 23.3 Å². The van der Waals surface area contributed by atoms with E-state index in [1.807, 2.05) is 24.3 Å². The normalized spacial score (nSPS) is 15.8. The Labute approximate surface area is 180 Å². The molecule has 0 amide bonds. The number of carbonyl (C=O) groups excluding carboxylic acids is 1. The van der Waals surface area contributed by atoms with Crippen LogP contribution in [0, 0.1) is 0 Å². The van der Waals surface area contributed by atoms with E-state index in [9.17, 15) is 9.90 Å². The first kappa shape index (κ1) is 19.6. The smallest absolute Gasteiger partial charge is 0.545 e. The van der Waals surface area contributed by atoms with Crippen molar-refractivity contribution in [1.82, 2.24) is 0 Å². The summed E-state index contributed by atoms with van der Waals surface area (Å²) in [6, 6.07) is 11.1. The molecule has 0 unspecified atom stereocenters. The molecule has 1 aliphatic carbocycles. The van der Waals surface area contributed by atoms with Crippen LogP contribution < -0.4 is 44.3 Å². The summed E-state index contributed by atoms with van der Waals surface area (Å²) < 4.78 is 6.11. The zero-order chi connectivity index (χ0) is 17.4. The predicted molar refractivity (Wildman–Crippen MR) is 95.2 cm³/mol. The van der Waals surface area contributed by atoms with Gasteiger partial charge < -0.3 is 19.5 Å². The fourth-order valence-electron chi connectivity index (χ4n) is 3.52. The molecule has 2 aliphatic rings. The van der Waals surface area contributed by atoms with E-state index < -0.39 is 5.97 Å². The quantitative estimate of drug-likeness (QED) is 0.697. The van der Waals surface area contributed by atoms with Crippen LogP contribution in [0.5, 0.6) is 5.75 Å². The largest absolute Gasteiger partial charge is 1.00 e. The van der Waals surface area contributed by atoms with E-state index >= 15 is 0 Å². The minimum Gasteiger partial charge on any atom is -0.545 e. The third-order valence-corrected chi connectivity index (χ3v) is 5.31. The topological polar surface area (TPSA) is 52.6 Å². The minimum absolute atomic E-state index is 0. The number of nitrogens with zero attached hydrogens (tertiary/aromatic N) is 1. The monoisotopic (exact) mass is 379 g/mol. The Kier molecular flexibility index (Phi) is 6.18. The molecule has 26 heavy (non-hydrogen) atoms. The van der Waals surface area contributed by atoms with Gasteiger partial charge in [-0.2, -0.15) is 0 Å². The van der Waals surface area contributed by atoms with Gasteiger partial charge in [-0.25, -0.2) is 0 Å². The first-order chi connectivity index (χ1) is 12.1. The van der Waals surface area contributed by atoms with E-state index in [1.165, 1.54) is 6.42 Å². The number of fused-ring (bicyclic) bond motifs is 1. The number of benzene rings is 2. The van der Waals surface area contributed by atoms with Gasteiger partial charge in [0.1, 0.15) is 5.75 Å². The fraction of sp³-hybridized carbons (Fsp3) is 0.350. The molecule has 0 saturated heterocycles. The van der Waals surface area contributed by atoms with Crippen molar-refractivity contribution in [2.75, 3.05) is 11.4 Å². The molecule has 0 bridgehead atoms. The second kappa shape index (κ2) is 8.22. The minimum atomic E-state index is -1.12. The number of ether oxygens (including phenoxy) is 1. The van der Waals surface area contributed by atoms with Crippen molar-refractivity contribution < 1.29 is 44.2 Å². The number of aromatic carboxylic acids is 1. The average molecular weight is 380 g/mol. The zero-order valence-electron chi connectivity index (χ0n) is 14.8. The molecule has 0 aromatic heterocycles. The summed E-state index contributed by atoms with van der Waals surface area (Å²) in [6.45, 7) is 1.42. The second-order valence-electron chi connectivity index (χ2n) is 6.69. The molecule has 0 N–H and O–H groups in total. The van der Waals surface area contributed by atoms with Crippen LogP contribution in [0.3, 0.4) is 0 Å². The molecular formula is C20H19ClNNaO3. The molecule has 0 spiro atoms. The summed E-state index contributed by atoms with van der Waals surface area (Å²) in [7, 11) is 0. The standard InChI is InChI=1S/C20H20ClNO3.Na/c21-14-7-8-19(25-15-3-1-4-15)13(11-14)12-22-10-9-16-17(20(23)24)5-2-6-18(16)22;/h2,5-8,11,15H,1,3-4,9-10,12H2,(H,23,24);/q;+1/p-1. The van der Waals surface area contributed by atoms with Crippen molar-refractivity contribution in [1.29, 1.82) is 0 Å². The van der Waals surface area contributed by atoms with E-state index in [0.29, 0.717) is 24.1 Å². The van der Waals surface area contributed by atoms with E-state index in [1.54, 1.807) is 12.1 Å². The van der Waals surface area contributed by atoms with E-state index in [2.05, 4.69) is 4.90 Å². The summed E-state index contributed by atoms with van der Waals surface area (Å²) in [5.74, 6) is -0.242. The fourth-order valence-corrected chi connectivity index (χ4v) is 3.71. The summed E-state index contributed by atoms with van der Waals surface area (Å²) in [5.41, 5.74) is 3.13. The Bertz CT molecular complexity index is 823. The van der Waals surface area contributed by atoms with Crippen molar-refractivity contribution in [3.05, 3.63) is 58.1 Å². The van der Waals surface area contributed by atoms with Gasteiger partial charge in [0.15, 0.2) is 0 Å². The first-order valence-corrected chi connectivity index (χ1v) is 9.03. The Morgan fingerprint density at radius 2 is 2.08 bits per heavy atom.